The summed E-state index contributed by atoms with van der Waals surface area (Å²) >= 11 is 0. The Labute approximate surface area is 163 Å². The van der Waals surface area contributed by atoms with Gasteiger partial charge in [0, 0.05) is 16.6 Å². The van der Waals surface area contributed by atoms with Crippen LogP contribution in [0.5, 0.6) is 0 Å². The molecule has 0 saturated carbocycles. The highest BCUT2D eigenvalue weighted by Gasteiger charge is 2.18. The van der Waals surface area contributed by atoms with Gasteiger partial charge in [0.1, 0.15) is 5.82 Å². The van der Waals surface area contributed by atoms with Gasteiger partial charge in [-0.25, -0.2) is 4.39 Å². The zero-order chi connectivity index (χ0) is 19.8. The van der Waals surface area contributed by atoms with Crippen LogP contribution in [0, 0.1) is 12.7 Å². The van der Waals surface area contributed by atoms with Gasteiger partial charge in [-0.2, -0.15) is 0 Å². The van der Waals surface area contributed by atoms with Gasteiger partial charge in [-0.3, -0.25) is 4.79 Å². The zero-order valence-electron chi connectivity index (χ0n) is 16.2. The quantitative estimate of drug-likeness (QED) is 0.418. The van der Waals surface area contributed by atoms with Gasteiger partial charge in [0.2, 0.25) is 0 Å². The molecule has 0 spiro atoms. The molecule has 3 aromatic carbocycles. The fraction of sp³-hybridized carbons (Fsp3) is 0.160. The summed E-state index contributed by atoms with van der Waals surface area (Å²) < 4.78 is 16.1. The van der Waals surface area contributed by atoms with Crippen LogP contribution < -0.4 is 5.43 Å². The van der Waals surface area contributed by atoms with Crippen molar-refractivity contribution in [2.24, 2.45) is 0 Å². The molecule has 140 valence electrons. The van der Waals surface area contributed by atoms with E-state index in [1.165, 1.54) is 12.1 Å². The fourth-order valence-corrected chi connectivity index (χ4v) is 3.71. The first-order chi connectivity index (χ1) is 13.5. The van der Waals surface area contributed by atoms with Gasteiger partial charge >= 0.3 is 0 Å². The molecular formula is C25H22FNO. The molecule has 0 N–H and O–H groups in total. The molecule has 0 radical (unpaired) electrons. The normalized spacial score (nSPS) is 11.3. The van der Waals surface area contributed by atoms with Crippen LogP contribution in [-0.4, -0.2) is 4.57 Å². The Morgan fingerprint density at radius 1 is 0.893 bits per heavy atom. The van der Waals surface area contributed by atoms with E-state index >= 15 is 0 Å². The molecule has 0 unspecified atom stereocenters. The van der Waals surface area contributed by atoms with Crippen molar-refractivity contribution in [3.8, 4) is 16.9 Å². The van der Waals surface area contributed by atoms with Gasteiger partial charge in [-0.05, 0) is 54.3 Å². The lowest BCUT2D eigenvalue weighted by atomic mass is 9.97. The lowest BCUT2D eigenvalue weighted by molar-refractivity contribution is 0.627. The second kappa shape index (κ2) is 7.08. The Bertz CT molecular complexity index is 1220. The predicted octanol–water partition coefficient (Wildman–Crippen LogP) is 6.23. The third kappa shape index (κ3) is 3.03. The lowest BCUT2D eigenvalue weighted by Crippen LogP contribution is -2.16. The molecular weight excluding hydrogens is 349 g/mol. The topological polar surface area (TPSA) is 22.0 Å². The molecule has 4 aromatic rings. The summed E-state index contributed by atoms with van der Waals surface area (Å²) in [7, 11) is 0. The van der Waals surface area contributed by atoms with E-state index in [4.69, 9.17) is 0 Å². The largest absolute Gasteiger partial charge is 0.309 e. The van der Waals surface area contributed by atoms with Crippen molar-refractivity contribution in [2.75, 3.05) is 0 Å². The number of rotatable bonds is 3. The van der Waals surface area contributed by atoms with Crippen molar-refractivity contribution in [3.05, 3.63) is 100.0 Å². The van der Waals surface area contributed by atoms with E-state index in [1.807, 2.05) is 66.1 Å². The van der Waals surface area contributed by atoms with E-state index in [0.29, 0.717) is 22.6 Å². The molecule has 0 aliphatic carbocycles. The van der Waals surface area contributed by atoms with E-state index in [1.54, 1.807) is 6.07 Å². The molecule has 0 aliphatic rings. The summed E-state index contributed by atoms with van der Waals surface area (Å²) in [6, 6.07) is 22.3. The van der Waals surface area contributed by atoms with Crippen LogP contribution in [0.3, 0.4) is 0 Å². The maximum absolute atomic E-state index is 14.1. The predicted molar refractivity (Wildman–Crippen MR) is 114 cm³/mol. The average molecular weight is 371 g/mol. The first-order valence-corrected chi connectivity index (χ1v) is 9.48. The van der Waals surface area contributed by atoms with E-state index < -0.39 is 0 Å². The van der Waals surface area contributed by atoms with Crippen LogP contribution in [0.2, 0.25) is 0 Å². The van der Waals surface area contributed by atoms with Crippen molar-refractivity contribution >= 4 is 10.9 Å². The summed E-state index contributed by atoms with van der Waals surface area (Å²) in [5, 5.41) is 0.660. The first kappa shape index (κ1) is 18.2. The van der Waals surface area contributed by atoms with Crippen molar-refractivity contribution in [1.29, 1.82) is 0 Å². The van der Waals surface area contributed by atoms with E-state index in [2.05, 4.69) is 13.8 Å². The van der Waals surface area contributed by atoms with Crippen LogP contribution >= 0.6 is 0 Å². The zero-order valence-corrected chi connectivity index (χ0v) is 16.2. The molecule has 28 heavy (non-hydrogen) atoms. The molecule has 0 atom stereocenters. The molecule has 0 amide bonds. The van der Waals surface area contributed by atoms with Gasteiger partial charge in [0.15, 0.2) is 5.43 Å². The second-order valence-electron chi connectivity index (χ2n) is 7.42. The minimum atomic E-state index is -0.306. The Kier molecular flexibility index (Phi) is 4.60. The van der Waals surface area contributed by atoms with Gasteiger partial charge < -0.3 is 4.57 Å². The molecule has 3 heteroatoms. The van der Waals surface area contributed by atoms with Gasteiger partial charge in [0.05, 0.1) is 11.2 Å². The molecule has 0 bridgehead atoms. The standard InChI is InChI=1S/C25H22FNO/c1-16(2)19-12-13-23-22(14-19)25(28)17(3)24(18-8-5-4-6-9-18)27(23)21-11-7-10-20(26)15-21/h4-16H,1-3H3. The van der Waals surface area contributed by atoms with Crippen molar-refractivity contribution in [1.82, 2.24) is 4.57 Å². The van der Waals surface area contributed by atoms with Gasteiger partial charge in [-0.15, -0.1) is 0 Å². The molecule has 0 fully saturated rings. The maximum Gasteiger partial charge on any atom is 0.192 e. The SMILES string of the molecule is Cc1c(-c2ccccc2)n(-c2cccc(F)c2)c2ccc(C(C)C)cc2c1=O. The highest BCUT2D eigenvalue weighted by atomic mass is 19.1. The summed E-state index contributed by atoms with van der Waals surface area (Å²) in [5.74, 6) is 0.0142. The van der Waals surface area contributed by atoms with Crippen molar-refractivity contribution in [3.63, 3.8) is 0 Å². The number of halogens is 1. The van der Waals surface area contributed by atoms with Crippen LogP contribution in [-0.2, 0) is 0 Å². The molecule has 0 aliphatic heterocycles. The Hall–Kier alpha value is -3.20. The van der Waals surface area contributed by atoms with Gasteiger partial charge in [0.25, 0.3) is 0 Å². The molecule has 1 heterocycles. The lowest BCUT2D eigenvalue weighted by Gasteiger charge is -2.21. The van der Waals surface area contributed by atoms with Crippen LogP contribution in [0.15, 0.2) is 77.6 Å². The minimum Gasteiger partial charge on any atom is -0.309 e. The second-order valence-corrected chi connectivity index (χ2v) is 7.42. The highest BCUT2D eigenvalue weighted by Crippen LogP contribution is 2.31. The van der Waals surface area contributed by atoms with Gasteiger partial charge in [-0.1, -0.05) is 56.3 Å². The fourth-order valence-electron chi connectivity index (χ4n) is 3.71. The highest BCUT2D eigenvalue weighted by molar-refractivity contribution is 5.87. The molecule has 2 nitrogen and oxygen atoms in total. The number of aromatic nitrogens is 1. The monoisotopic (exact) mass is 371 g/mol. The average Bonchev–Trinajstić information content (AvgIpc) is 2.70. The number of fused-ring (bicyclic) bond motifs is 1. The summed E-state index contributed by atoms with van der Waals surface area (Å²) in [4.78, 5) is 13.3. The molecule has 4 rings (SSSR count). The van der Waals surface area contributed by atoms with Crippen molar-refractivity contribution in [2.45, 2.75) is 26.7 Å². The van der Waals surface area contributed by atoms with E-state index in [0.717, 1.165) is 22.3 Å². The van der Waals surface area contributed by atoms with Crippen LogP contribution in [0.4, 0.5) is 4.39 Å². The third-order valence-electron chi connectivity index (χ3n) is 5.21. The third-order valence-corrected chi connectivity index (χ3v) is 5.21. The number of hydrogen-bond donors (Lipinski definition) is 0. The number of nitrogens with zero attached hydrogens (tertiary/aromatic N) is 1. The Morgan fingerprint density at radius 3 is 2.32 bits per heavy atom. The van der Waals surface area contributed by atoms with Crippen molar-refractivity contribution < 1.29 is 4.39 Å². The first-order valence-electron chi connectivity index (χ1n) is 9.48. The Morgan fingerprint density at radius 2 is 1.64 bits per heavy atom. The molecule has 0 saturated heterocycles. The van der Waals surface area contributed by atoms with Crippen LogP contribution in [0.1, 0.15) is 30.9 Å². The smallest absolute Gasteiger partial charge is 0.192 e. The minimum absolute atomic E-state index is 0.0176. The van der Waals surface area contributed by atoms with Crippen LogP contribution in [0.25, 0.3) is 27.8 Å². The molecule has 1 aromatic heterocycles. The number of hydrogen-bond acceptors (Lipinski definition) is 1. The van der Waals surface area contributed by atoms with E-state index in [9.17, 15) is 9.18 Å². The Balaban J connectivity index is 2.19. The summed E-state index contributed by atoms with van der Waals surface area (Å²) in [6.45, 7) is 6.07. The number of pyridine rings is 1. The van der Waals surface area contributed by atoms with E-state index in [-0.39, 0.29) is 11.2 Å². The summed E-state index contributed by atoms with van der Waals surface area (Å²) in [5.41, 5.74) is 4.99. The summed E-state index contributed by atoms with van der Waals surface area (Å²) in [6.07, 6.45) is 0. The maximum atomic E-state index is 14.1. The number of benzene rings is 3.